The SMILES string of the molecule is CCCCCC=CCC=CCC=CCC=CCCCCO[SiH3]. The first-order chi connectivity index (χ1) is 10.9. The molecular weight excluding hydrogens is 284 g/mol. The van der Waals surface area contributed by atoms with Gasteiger partial charge in [-0.2, -0.15) is 0 Å². The zero-order valence-electron chi connectivity index (χ0n) is 14.8. The first-order valence-corrected chi connectivity index (χ1v) is 9.82. The van der Waals surface area contributed by atoms with E-state index < -0.39 is 0 Å². The Labute approximate surface area is 141 Å². The van der Waals surface area contributed by atoms with Crippen LogP contribution in [-0.4, -0.2) is 17.1 Å². The quantitative estimate of drug-likeness (QED) is 0.222. The lowest BCUT2D eigenvalue weighted by atomic mass is 10.2. The van der Waals surface area contributed by atoms with Crippen molar-refractivity contribution in [1.82, 2.24) is 0 Å². The predicted molar refractivity (Wildman–Crippen MR) is 104 cm³/mol. The van der Waals surface area contributed by atoms with Crippen molar-refractivity contribution >= 4 is 10.5 Å². The molecule has 0 bridgehead atoms. The first-order valence-electron chi connectivity index (χ1n) is 9.00. The molecule has 1 nitrogen and oxygen atoms in total. The van der Waals surface area contributed by atoms with Crippen LogP contribution in [0.2, 0.25) is 0 Å². The third-order valence-electron chi connectivity index (χ3n) is 3.43. The summed E-state index contributed by atoms with van der Waals surface area (Å²) in [5.74, 6) is 0. The van der Waals surface area contributed by atoms with E-state index in [0.29, 0.717) is 0 Å². The summed E-state index contributed by atoms with van der Waals surface area (Å²) >= 11 is 0. The van der Waals surface area contributed by atoms with E-state index >= 15 is 0 Å². The second-order valence-electron chi connectivity index (χ2n) is 5.58. The molecule has 0 aliphatic carbocycles. The highest BCUT2D eigenvalue weighted by molar-refractivity contribution is 5.97. The van der Waals surface area contributed by atoms with Gasteiger partial charge in [-0.1, -0.05) is 68.4 Å². The normalized spacial score (nSPS) is 12.8. The zero-order valence-corrected chi connectivity index (χ0v) is 16.8. The van der Waals surface area contributed by atoms with Gasteiger partial charge in [-0.15, -0.1) is 0 Å². The van der Waals surface area contributed by atoms with Gasteiger partial charge in [0.15, 0.2) is 0 Å². The largest absolute Gasteiger partial charge is 0.428 e. The Morgan fingerprint density at radius 2 is 1.09 bits per heavy atom. The molecule has 0 unspecified atom stereocenters. The number of rotatable bonds is 15. The van der Waals surface area contributed by atoms with Crippen molar-refractivity contribution in [1.29, 1.82) is 0 Å². The Morgan fingerprint density at radius 1 is 0.636 bits per heavy atom. The molecule has 0 spiro atoms. The summed E-state index contributed by atoms with van der Waals surface area (Å²) in [6.07, 6.45) is 30.2. The number of hydrogen-bond donors (Lipinski definition) is 0. The number of hydrogen-bond acceptors (Lipinski definition) is 1. The van der Waals surface area contributed by atoms with Crippen LogP contribution in [0, 0.1) is 0 Å². The fourth-order valence-electron chi connectivity index (χ4n) is 2.07. The molecule has 0 rings (SSSR count). The molecule has 0 saturated carbocycles. The van der Waals surface area contributed by atoms with Crippen LogP contribution in [0.25, 0.3) is 0 Å². The first kappa shape index (κ1) is 21.1. The number of allylic oxidation sites excluding steroid dienone is 8. The Morgan fingerprint density at radius 3 is 1.55 bits per heavy atom. The second-order valence-corrected chi connectivity index (χ2v) is 6.15. The number of unbranched alkanes of at least 4 members (excludes halogenated alkanes) is 5. The summed E-state index contributed by atoms with van der Waals surface area (Å²) in [6.45, 7) is 3.19. The molecule has 0 aromatic heterocycles. The van der Waals surface area contributed by atoms with Gasteiger partial charge in [0.2, 0.25) is 0 Å². The standard InChI is InChI=1S/C20H36OSi/c1-2-3-4-5-6-7-8-9-10-11-12-13-14-15-16-17-18-19-20-21-22/h6-7,9-10,12-13,15-16H,2-5,8,11,14,17-20H2,1,22H3. The van der Waals surface area contributed by atoms with E-state index in [2.05, 4.69) is 55.5 Å². The maximum absolute atomic E-state index is 5.16. The van der Waals surface area contributed by atoms with Crippen molar-refractivity contribution in [3.8, 4) is 0 Å². The van der Waals surface area contributed by atoms with Crippen LogP contribution in [0.3, 0.4) is 0 Å². The molecule has 0 N–H and O–H groups in total. The maximum Gasteiger partial charge on any atom is 0.145 e. The molecule has 0 aliphatic heterocycles. The van der Waals surface area contributed by atoms with Gasteiger partial charge in [0.05, 0.1) is 0 Å². The topological polar surface area (TPSA) is 9.23 Å². The summed E-state index contributed by atoms with van der Waals surface area (Å²) in [6, 6.07) is 0. The van der Waals surface area contributed by atoms with E-state index in [0.717, 1.165) is 36.4 Å². The average Bonchev–Trinajstić information content (AvgIpc) is 2.54. The Kier molecular flexibility index (Phi) is 19.3. The van der Waals surface area contributed by atoms with Gasteiger partial charge in [-0.25, -0.2) is 0 Å². The minimum Gasteiger partial charge on any atom is -0.428 e. The lowest BCUT2D eigenvalue weighted by molar-refractivity contribution is 0.337. The van der Waals surface area contributed by atoms with Crippen LogP contribution in [0.1, 0.15) is 71.1 Å². The van der Waals surface area contributed by atoms with Crippen LogP contribution >= 0.6 is 0 Å². The van der Waals surface area contributed by atoms with Crippen LogP contribution < -0.4 is 0 Å². The van der Waals surface area contributed by atoms with Gasteiger partial charge >= 0.3 is 0 Å². The average molecular weight is 321 g/mol. The van der Waals surface area contributed by atoms with E-state index in [-0.39, 0.29) is 0 Å². The zero-order chi connectivity index (χ0) is 16.1. The third-order valence-corrected chi connectivity index (χ3v) is 3.84. The molecule has 22 heavy (non-hydrogen) atoms. The molecule has 0 amide bonds. The molecule has 0 aliphatic rings. The van der Waals surface area contributed by atoms with Gasteiger partial charge < -0.3 is 4.43 Å². The van der Waals surface area contributed by atoms with Crippen molar-refractivity contribution in [2.24, 2.45) is 0 Å². The maximum atomic E-state index is 5.16. The molecule has 0 fully saturated rings. The van der Waals surface area contributed by atoms with Gasteiger partial charge in [0.25, 0.3) is 0 Å². The van der Waals surface area contributed by atoms with Crippen LogP contribution in [0.15, 0.2) is 48.6 Å². The van der Waals surface area contributed by atoms with Crippen LogP contribution in [0.4, 0.5) is 0 Å². The monoisotopic (exact) mass is 320 g/mol. The highest BCUT2D eigenvalue weighted by atomic mass is 28.2. The molecule has 0 saturated heterocycles. The molecule has 0 radical (unpaired) electrons. The molecule has 126 valence electrons. The molecule has 0 aromatic rings. The highest BCUT2D eigenvalue weighted by Crippen LogP contribution is 2.01. The Bertz CT molecular complexity index is 316. The van der Waals surface area contributed by atoms with Crippen LogP contribution in [0.5, 0.6) is 0 Å². The van der Waals surface area contributed by atoms with Gasteiger partial charge in [0, 0.05) is 6.61 Å². The summed E-state index contributed by atoms with van der Waals surface area (Å²) in [5, 5.41) is 0. The molecule has 0 aromatic carbocycles. The molecule has 2 heteroatoms. The second kappa shape index (κ2) is 20.1. The minimum atomic E-state index is 0.874. The lowest BCUT2D eigenvalue weighted by Gasteiger charge is -1.95. The molecular formula is C20H36OSi. The van der Waals surface area contributed by atoms with Crippen molar-refractivity contribution in [3.05, 3.63) is 48.6 Å². The summed E-state index contributed by atoms with van der Waals surface area (Å²) in [4.78, 5) is 0. The summed E-state index contributed by atoms with van der Waals surface area (Å²) < 4.78 is 5.16. The van der Waals surface area contributed by atoms with E-state index in [1.54, 1.807) is 0 Å². The van der Waals surface area contributed by atoms with E-state index in [1.807, 2.05) is 0 Å². The van der Waals surface area contributed by atoms with Crippen molar-refractivity contribution < 1.29 is 4.43 Å². The van der Waals surface area contributed by atoms with Crippen molar-refractivity contribution in [2.75, 3.05) is 6.61 Å². The van der Waals surface area contributed by atoms with Gasteiger partial charge in [0.1, 0.15) is 10.5 Å². The lowest BCUT2D eigenvalue weighted by Crippen LogP contribution is -1.88. The van der Waals surface area contributed by atoms with E-state index in [4.69, 9.17) is 4.43 Å². The van der Waals surface area contributed by atoms with E-state index in [9.17, 15) is 0 Å². The third kappa shape index (κ3) is 19.1. The fraction of sp³-hybridized carbons (Fsp3) is 0.600. The smallest absolute Gasteiger partial charge is 0.145 e. The highest BCUT2D eigenvalue weighted by Gasteiger charge is 1.83. The Balaban J connectivity index is 3.35. The Hall–Kier alpha value is -0.863. The van der Waals surface area contributed by atoms with E-state index in [1.165, 1.54) is 44.9 Å². The van der Waals surface area contributed by atoms with Crippen molar-refractivity contribution in [2.45, 2.75) is 71.1 Å². The fourth-order valence-corrected chi connectivity index (χ4v) is 2.36. The molecule has 0 heterocycles. The summed E-state index contributed by atoms with van der Waals surface area (Å²) in [7, 11) is 0.874. The minimum absolute atomic E-state index is 0.874. The van der Waals surface area contributed by atoms with Crippen molar-refractivity contribution in [3.63, 3.8) is 0 Å². The predicted octanol–water partition coefficient (Wildman–Crippen LogP) is 5.43. The van der Waals surface area contributed by atoms with Gasteiger partial charge in [-0.3, -0.25) is 0 Å². The van der Waals surface area contributed by atoms with Crippen LogP contribution in [-0.2, 0) is 4.43 Å². The van der Waals surface area contributed by atoms with Gasteiger partial charge in [-0.05, 0) is 51.4 Å². The summed E-state index contributed by atoms with van der Waals surface area (Å²) in [5.41, 5.74) is 0. The molecule has 0 atom stereocenters.